The maximum Gasteiger partial charge on any atom is 0.320 e. The molecular formula is C8H10N2O4S. The zero-order chi connectivity index (χ0) is 11.5. The molecule has 0 spiro atoms. The number of carboxylic acid groups (broad SMARTS) is 1. The van der Waals surface area contributed by atoms with Crippen molar-refractivity contribution in [2.45, 2.75) is 6.92 Å². The van der Waals surface area contributed by atoms with Crippen LogP contribution < -0.4 is 4.72 Å². The lowest BCUT2D eigenvalue weighted by Gasteiger charge is -2.05. The summed E-state index contributed by atoms with van der Waals surface area (Å²) in [5.41, 5.74) is 0.953. The number of sulfonamides is 1. The second-order valence-electron chi connectivity index (χ2n) is 2.94. The Labute approximate surface area is 87.0 Å². The monoisotopic (exact) mass is 230 g/mol. The third-order valence-electron chi connectivity index (χ3n) is 1.48. The molecule has 0 saturated carbocycles. The molecule has 0 amide bonds. The number of aliphatic carboxylic acids is 1. The largest absolute Gasteiger partial charge is 0.480 e. The molecule has 0 aliphatic carbocycles. The summed E-state index contributed by atoms with van der Waals surface area (Å²) >= 11 is 0. The van der Waals surface area contributed by atoms with Crippen molar-refractivity contribution in [3.63, 3.8) is 0 Å². The van der Waals surface area contributed by atoms with Crippen molar-refractivity contribution in [2.75, 3.05) is 10.5 Å². The fourth-order valence-electron chi connectivity index (χ4n) is 0.987. The Morgan fingerprint density at radius 3 is 2.80 bits per heavy atom. The summed E-state index contributed by atoms with van der Waals surface area (Å²) in [5, 5.41) is 8.35. The third-order valence-corrected chi connectivity index (χ3v) is 2.66. The number of hydrogen-bond donors (Lipinski definition) is 2. The molecule has 0 aromatic carbocycles. The van der Waals surface area contributed by atoms with Crippen LogP contribution in [0.25, 0.3) is 0 Å². The van der Waals surface area contributed by atoms with E-state index < -0.39 is 21.7 Å². The minimum atomic E-state index is -3.83. The summed E-state index contributed by atoms with van der Waals surface area (Å²) in [6.45, 7) is 1.70. The van der Waals surface area contributed by atoms with Crippen molar-refractivity contribution in [1.29, 1.82) is 0 Å². The van der Waals surface area contributed by atoms with E-state index in [0.29, 0.717) is 11.4 Å². The van der Waals surface area contributed by atoms with E-state index in [0.717, 1.165) is 0 Å². The highest BCUT2D eigenvalue weighted by molar-refractivity contribution is 7.93. The summed E-state index contributed by atoms with van der Waals surface area (Å²) in [6.07, 6.45) is 1.44. The summed E-state index contributed by atoms with van der Waals surface area (Å²) in [5.74, 6) is -2.35. The number of nitrogens with one attached hydrogen (secondary N) is 1. The molecule has 0 unspecified atom stereocenters. The number of aryl methyl sites for hydroxylation is 1. The van der Waals surface area contributed by atoms with Gasteiger partial charge in [0.05, 0.1) is 5.69 Å². The van der Waals surface area contributed by atoms with Crippen LogP contribution >= 0.6 is 0 Å². The van der Waals surface area contributed by atoms with Crippen molar-refractivity contribution < 1.29 is 18.3 Å². The summed E-state index contributed by atoms with van der Waals surface area (Å²) in [7, 11) is -3.83. The molecule has 0 radical (unpaired) electrons. The van der Waals surface area contributed by atoms with Gasteiger partial charge in [-0.25, -0.2) is 8.42 Å². The van der Waals surface area contributed by atoms with E-state index in [1.807, 2.05) is 0 Å². The SMILES string of the molecule is Cc1cc(NS(=O)(=O)CC(=O)O)ccn1. The Hall–Kier alpha value is -1.63. The lowest BCUT2D eigenvalue weighted by Crippen LogP contribution is -2.22. The highest BCUT2D eigenvalue weighted by Gasteiger charge is 2.15. The first kappa shape index (κ1) is 11.4. The summed E-state index contributed by atoms with van der Waals surface area (Å²) in [4.78, 5) is 14.1. The Morgan fingerprint density at radius 2 is 2.27 bits per heavy atom. The van der Waals surface area contributed by atoms with Gasteiger partial charge in [-0.2, -0.15) is 0 Å². The van der Waals surface area contributed by atoms with Gasteiger partial charge in [0.25, 0.3) is 0 Å². The van der Waals surface area contributed by atoms with Crippen LogP contribution in [0.3, 0.4) is 0 Å². The normalized spacial score (nSPS) is 11.0. The van der Waals surface area contributed by atoms with Gasteiger partial charge < -0.3 is 5.11 Å². The predicted molar refractivity (Wildman–Crippen MR) is 54.0 cm³/mol. The van der Waals surface area contributed by atoms with Crippen LogP contribution in [0.1, 0.15) is 5.69 Å². The molecule has 1 aromatic heterocycles. The van der Waals surface area contributed by atoms with E-state index >= 15 is 0 Å². The first-order valence-electron chi connectivity index (χ1n) is 4.04. The molecule has 0 fully saturated rings. The lowest BCUT2D eigenvalue weighted by atomic mass is 10.3. The minimum absolute atomic E-state index is 0.309. The van der Waals surface area contributed by atoms with E-state index in [9.17, 15) is 13.2 Å². The molecule has 15 heavy (non-hydrogen) atoms. The van der Waals surface area contributed by atoms with Gasteiger partial charge in [0.2, 0.25) is 10.0 Å². The van der Waals surface area contributed by atoms with Gasteiger partial charge in [-0.3, -0.25) is 14.5 Å². The lowest BCUT2D eigenvalue weighted by molar-refractivity contribution is -0.134. The third kappa shape index (κ3) is 3.94. The van der Waals surface area contributed by atoms with Crippen LogP contribution in [0.2, 0.25) is 0 Å². The van der Waals surface area contributed by atoms with Crippen LogP contribution in [0.5, 0.6) is 0 Å². The zero-order valence-electron chi connectivity index (χ0n) is 7.97. The molecule has 0 atom stereocenters. The maximum absolute atomic E-state index is 11.2. The highest BCUT2D eigenvalue weighted by atomic mass is 32.2. The Kier molecular flexibility index (Phi) is 3.25. The zero-order valence-corrected chi connectivity index (χ0v) is 8.78. The van der Waals surface area contributed by atoms with Gasteiger partial charge in [0.1, 0.15) is 0 Å². The average molecular weight is 230 g/mol. The van der Waals surface area contributed by atoms with E-state index in [1.54, 1.807) is 6.92 Å². The number of carboxylic acids is 1. The molecule has 82 valence electrons. The van der Waals surface area contributed by atoms with Gasteiger partial charge in [-0.15, -0.1) is 0 Å². The topological polar surface area (TPSA) is 96.4 Å². The Morgan fingerprint density at radius 1 is 1.60 bits per heavy atom. The second-order valence-corrected chi connectivity index (χ2v) is 4.66. The first-order valence-corrected chi connectivity index (χ1v) is 5.69. The highest BCUT2D eigenvalue weighted by Crippen LogP contribution is 2.09. The van der Waals surface area contributed by atoms with Crippen molar-refractivity contribution in [3.05, 3.63) is 24.0 Å². The molecule has 0 bridgehead atoms. The molecule has 0 aliphatic rings. The van der Waals surface area contributed by atoms with Gasteiger partial charge in [0, 0.05) is 11.9 Å². The van der Waals surface area contributed by atoms with Crippen LogP contribution in [0.15, 0.2) is 18.3 Å². The van der Waals surface area contributed by atoms with Crippen molar-refractivity contribution in [2.24, 2.45) is 0 Å². The standard InChI is InChI=1S/C8H10N2O4S/c1-6-4-7(2-3-9-6)10-15(13,14)5-8(11)12/h2-4H,5H2,1H3,(H,9,10)(H,11,12). The number of carbonyl (C=O) groups is 1. The molecule has 2 N–H and O–H groups in total. The molecule has 1 aromatic rings. The Balaban J connectivity index is 2.82. The number of rotatable bonds is 4. The van der Waals surface area contributed by atoms with Gasteiger partial charge in [-0.05, 0) is 19.1 Å². The fraction of sp³-hybridized carbons (Fsp3) is 0.250. The van der Waals surface area contributed by atoms with Crippen LogP contribution in [-0.2, 0) is 14.8 Å². The van der Waals surface area contributed by atoms with Gasteiger partial charge >= 0.3 is 5.97 Å². The quantitative estimate of drug-likeness (QED) is 0.771. The van der Waals surface area contributed by atoms with Crippen molar-refractivity contribution in [1.82, 2.24) is 4.98 Å². The average Bonchev–Trinajstić information content (AvgIpc) is 1.99. The van der Waals surface area contributed by atoms with Crippen LogP contribution in [-0.4, -0.2) is 30.2 Å². The fourth-order valence-corrected chi connectivity index (χ4v) is 1.87. The molecule has 1 rings (SSSR count). The van der Waals surface area contributed by atoms with Crippen molar-refractivity contribution in [3.8, 4) is 0 Å². The number of anilines is 1. The number of pyridine rings is 1. The van der Waals surface area contributed by atoms with Crippen LogP contribution in [0.4, 0.5) is 5.69 Å². The number of aromatic nitrogens is 1. The molecule has 0 saturated heterocycles. The summed E-state index contributed by atoms with van der Waals surface area (Å²) in [6, 6.07) is 2.96. The van der Waals surface area contributed by atoms with Crippen molar-refractivity contribution >= 4 is 21.7 Å². The molecular weight excluding hydrogens is 220 g/mol. The second kappa shape index (κ2) is 4.26. The molecule has 1 heterocycles. The van der Waals surface area contributed by atoms with E-state index in [-0.39, 0.29) is 0 Å². The first-order chi connectivity index (χ1) is 6.89. The number of nitrogens with zero attached hydrogens (tertiary/aromatic N) is 1. The van der Waals surface area contributed by atoms with E-state index in [1.165, 1.54) is 18.3 Å². The van der Waals surface area contributed by atoms with E-state index in [2.05, 4.69) is 9.71 Å². The van der Waals surface area contributed by atoms with Gasteiger partial charge in [0.15, 0.2) is 5.75 Å². The molecule has 0 aliphatic heterocycles. The minimum Gasteiger partial charge on any atom is -0.480 e. The smallest absolute Gasteiger partial charge is 0.320 e. The van der Waals surface area contributed by atoms with E-state index in [4.69, 9.17) is 5.11 Å². The predicted octanol–water partition coefficient (Wildman–Crippen LogP) is 0.216. The molecule has 7 heteroatoms. The molecule has 6 nitrogen and oxygen atoms in total. The number of hydrogen-bond acceptors (Lipinski definition) is 4. The Bertz CT molecular complexity index is 469. The van der Waals surface area contributed by atoms with Crippen LogP contribution in [0, 0.1) is 6.92 Å². The van der Waals surface area contributed by atoms with Gasteiger partial charge in [-0.1, -0.05) is 0 Å². The maximum atomic E-state index is 11.2. The summed E-state index contributed by atoms with van der Waals surface area (Å²) < 4.78 is 24.6.